The Bertz CT molecular complexity index is 466. The van der Waals surface area contributed by atoms with E-state index in [9.17, 15) is 14.4 Å². The van der Waals surface area contributed by atoms with Crippen LogP contribution in [0.4, 0.5) is 4.79 Å². The molecular formula is C17H27NO5. The number of carbonyl (C=O) groups excluding carboxylic acids is 3. The van der Waals surface area contributed by atoms with E-state index in [0.717, 1.165) is 6.42 Å². The summed E-state index contributed by atoms with van der Waals surface area (Å²) < 4.78 is 10.4. The van der Waals surface area contributed by atoms with Gasteiger partial charge < -0.3 is 9.47 Å². The summed E-state index contributed by atoms with van der Waals surface area (Å²) >= 11 is 0. The van der Waals surface area contributed by atoms with Gasteiger partial charge in [0, 0.05) is 12.8 Å². The third kappa shape index (κ3) is 6.42. The van der Waals surface area contributed by atoms with Crippen LogP contribution in [0.2, 0.25) is 0 Å². The van der Waals surface area contributed by atoms with Crippen molar-refractivity contribution in [1.29, 1.82) is 0 Å². The molecule has 0 aliphatic heterocycles. The Morgan fingerprint density at radius 3 is 2.52 bits per heavy atom. The Morgan fingerprint density at radius 1 is 1.39 bits per heavy atom. The van der Waals surface area contributed by atoms with Crippen molar-refractivity contribution in [3.05, 3.63) is 12.7 Å². The first kappa shape index (κ1) is 19.2. The molecule has 0 saturated heterocycles. The fourth-order valence-corrected chi connectivity index (χ4v) is 2.37. The lowest BCUT2D eigenvalue weighted by Gasteiger charge is -2.27. The van der Waals surface area contributed by atoms with Gasteiger partial charge in [-0.1, -0.05) is 13.0 Å². The molecule has 1 amide bonds. The van der Waals surface area contributed by atoms with Crippen molar-refractivity contribution in [2.24, 2.45) is 11.8 Å². The first-order valence-electron chi connectivity index (χ1n) is 8.01. The van der Waals surface area contributed by atoms with Crippen LogP contribution in [0.3, 0.4) is 0 Å². The number of ketones is 1. The van der Waals surface area contributed by atoms with Crippen LogP contribution in [-0.2, 0) is 19.1 Å². The topological polar surface area (TPSA) is 81.7 Å². The molecule has 1 fully saturated rings. The number of allylic oxidation sites excluding steroid dienone is 1. The van der Waals surface area contributed by atoms with E-state index in [0.29, 0.717) is 19.3 Å². The lowest BCUT2D eigenvalue weighted by molar-refractivity contribution is -0.159. The number of esters is 1. The molecule has 1 rings (SSSR count). The molecule has 0 aromatic rings. The molecule has 0 bridgehead atoms. The Labute approximate surface area is 137 Å². The molecule has 3 unspecified atom stereocenters. The van der Waals surface area contributed by atoms with Gasteiger partial charge in [-0.15, -0.1) is 6.58 Å². The molecule has 130 valence electrons. The van der Waals surface area contributed by atoms with E-state index in [4.69, 9.17) is 9.47 Å². The van der Waals surface area contributed by atoms with Crippen molar-refractivity contribution < 1.29 is 23.9 Å². The Balaban J connectivity index is 2.55. The van der Waals surface area contributed by atoms with Crippen LogP contribution >= 0.6 is 0 Å². The Morgan fingerprint density at radius 2 is 2.04 bits per heavy atom. The summed E-state index contributed by atoms with van der Waals surface area (Å²) in [7, 11) is 0. The van der Waals surface area contributed by atoms with E-state index in [1.54, 1.807) is 33.8 Å². The number of alkyl carbamates (subject to hydrolysis) is 1. The molecule has 6 nitrogen and oxygen atoms in total. The molecular weight excluding hydrogens is 298 g/mol. The zero-order valence-electron chi connectivity index (χ0n) is 14.4. The van der Waals surface area contributed by atoms with E-state index in [1.165, 1.54) is 0 Å². The van der Waals surface area contributed by atoms with Crippen LogP contribution in [0.15, 0.2) is 12.7 Å². The van der Waals surface area contributed by atoms with Gasteiger partial charge in [0.2, 0.25) is 0 Å². The molecule has 23 heavy (non-hydrogen) atoms. The molecule has 6 heteroatoms. The Hall–Kier alpha value is -1.85. The predicted octanol–water partition coefficient (Wildman–Crippen LogP) is 2.96. The first-order chi connectivity index (χ1) is 10.7. The van der Waals surface area contributed by atoms with E-state index in [2.05, 4.69) is 11.9 Å². The molecule has 0 spiro atoms. The molecule has 3 atom stereocenters. The second kappa shape index (κ2) is 8.13. The number of Topliss-reactive ketones (excluding diaryl/α,β-unsaturated/α-hetero) is 1. The van der Waals surface area contributed by atoms with Gasteiger partial charge in [0.1, 0.15) is 17.3 Å². The Kier molecular flexibility index (Phi) is 6.79. The zero-order chi connectivity index (χ0) is 17.6. The predicted molar refractivity (Wildman–Crippen MR) is 85.6 cm³/mol. The number of ether oxygens (including phenoxy) is 2. The average molecular weight is 325 g/mol. The van der Waals surface area contributed by atoms with Crippen LogP contribution in [-0.4, -0.2) is 29.7 Å². The third-order valence-electron chi connectivity index (χ3n) is 3.60. The molecule has 0 heterocycles. The highest BCUT2D eigenvalue weighted by Gasteiger charge is 2.35. The number of nitrogens with one attached hydrogen (secondary N) is 1. The SMILES string of the molecule is C=CC1CCC(C(=O)OC(CC)NC(=O)OC(C)(C)C)C(=O)C1. The van der Waals surface area contributed by atoms with Crippen LogP contribution in [0.5, 0.6) is 0 Å². The smallest absolute Gasteiger partial charge is 0.410 e. The maximum atomic E-state index is 12.2. The van der Waals surface area contributed by atoms with Gasteiger partial charge in [-0.3, -0.25) is 14.9 Å². The van der Waals surface area contributed by atoms with Crippen molar-refractivity contribution in [2.45, 2.75) is 65.2 Å². The van der Waals surface area contributed by atoms with Crippen LogP contribution in [0, 0.1) is 11.8 Å². The monoisotopic (exact) mass is 325 g/mol. The van der Waals surface area contributed by atoms with Crippen LogP contribution < -0.4 is 5.32 Å². The largest absolute Gasteiger partial charge is 0.444 e. The molecule has 1 aliphatic carbocycles. The van der Waals surface area contributed by atoms with Crippen LogP contribution in [0.25, 0.3) is 0 Å². The zero-order valence-corrected chi connectivity index (χ0v) is 14.4. The maximum absolute atomic E-state index is 12.2. The molecule has 1 aliphatic rings. The highest BCUT2D eigenvalue weighted by atomic mass is 16.6. The van der Waals surface area contributed by atoms with Crippen LogP contribution in [0.1, 0.15) is 53.4 Å². The van der Waals surface area contributed by atoms with Crippen molar-refractivity contribution in [3.8, 4) is 0 Å². The summed E-state index contributed by atoms with van der Waals surface area (Å²) in [5, 5.41) is 2.50. The number of amides is 1. The molecule has 1 N–H and O–H groups in total. The summed E-state index contributed by atoms with van der Waals surface area (Å²) in [5.41, 5.74) is -0.634. The molecule has 0 radical (unpaired) electrons. The van der Waals surface area contributed by atoms with Gasteiger partial charge in [0.05, 0.1) is 0 Å². The number of hydrogen-bond donors (Lipinski definition) is 1. The van der Waals surface area contributed by atoms with Crippen molar-refractivity contribution in [3.63, 3.8) is 0 Å². The lowest BCUT2D eigenvalue weighted by atomic mass is 9.81. The van der Waals surface area contributed by atoms with Gasteiger partial charge >= 0.3 is 12.1 Å². The summed E-state index contributed by atoms with van der Waals surface area (Å²) in [6, 6.07) is 0. The highest BCUT2D eigenvalue weighted by Crippen LogP contribution is 2.27. The van der Waals surface area contributed by atoms with E-state index >= 15 is 0 Å². The summed E-state index contributed by atoms with van der Waals surface area (Å²) in [5.74, 6) is -1.33. The minimum Gasteiger partial charge on any atom is -0.444 e. The van der Waals surface area contributed by atoms with Crippen molar-refractivity contribution in [2.75, 3.05) is 0 Å². The van der Waals surface area contributed by atoms with E-state index in [-0.39, 0.29) is 11.7 Å². The lowest BCUT2D eigenvalue weighted by Crippen LogP contribution is -2.43. The van der Waals surface area contributed by atoms with Gasteiger partial charge in [0.15, 0.2) is 6.23 Å². The van der Waals surface area contributed by atoms with Gasteiger partial charge in [0.25, 0.3) is 0 Å². The standard InChI is InChI=1S/C17H27NO5/c1-6-11-8-9-12(13(19)10-11)15(20)22-14(7-2)18-16(21)23-17(3,4)5/h6,11-12,14H,1,7-10H2,2-5H3,(H,18,21). The normalized spacial score (nSPS) is 22.9. The highest BCUT2D eigenvalue weighted by molar-refractivity contribution is 5.99. The maximum Gasteiger partial charge on any atom is 0.410 e. The molecule has 0 aromatic heterocycles. The fourth-order valence-electron chi connectivity index (χ4n) is 2.37. The van der Waals surface area contributed by atoms with Gasteiger partial charge in [-0.05, 0) is 39.5 Å². The van der Waals surface area contributed by atoms with Gasteiger partial charge in [-0.2, -0.15) is 0 Å². The number of hydrogen-bond acceptors (Lipinski definition) is 5. The average Bonchev–Trinajstić information content (AvgIpc) is 2.44. The minimum absolute atomic E-state index is 0.127. The second-order valence-corrected chi connectivity index (χ2v) is 6.78. The molecule has 0 aromatic carbocycles. The van der Waals surface area contributed by atoms with E-state index < -0.39 is 29.8 Å². The quantitative estimate of drug-likeness (QED) is 0.364. The second-order valence-electron chi connectivity index (χ2n) is 6.78. The fraction of sp³-hybridized carbons (Fsp3) is 0.706. The first-order valence-corrected chi connectivity index (χ1v) is 8.01. The van der Waals surface area contributed by atoms with Crippen molar-refractivity contribution >= 4 is 17.8 Å². The summed E-state index contributed by atoms with van der Waals surface area (Å²) in [6.07, 6.45) is 2.20. The summed E-state index contributed by atoms with van der Waals surface area (Å²) in [4.78, 5) is 35.9. The molecule has 1 saturated carbocycles. The van der Waals surface area contributed by atoms with Crippen molar-refractivity contribution in [1.82, 2.24) is 5.32 Å². The number of rotatable bonds is 5. The van der Waals surface area contributed by atoms with Gasteiger partial charge in [-0.25, -0.2) is 4.79 Å². The summed E-state index contributed by atoms with van der Waals surface area (Å²) in [6.45, 7) is 10.7. The van der Waals surface area contributed by atoms with E-state index in [1.807, 2.05) is 0 Å². The third-order valence-corrected chi connectivity index (χ3v) is 3.60. The minimum atomic E-state index is -0.803. The number of carbonyl (C=O) groups is 3.